The Hall–Kier alpha value is -1.79. The first-order chi connectivity index (χ1) is 9.76. The van der Waals surface area contributed by atoms with Crippen molar-refractivity contribution in [1.82, 2.24) is 10.2 Å². The van der Waals surface area contributed by atoms with E-state index in [1.807, 2.05) is 6.92 Å². The van der Waals surface area contributed by atoms with Gasteiger partial charge in [0, 0.05) is 6.54 Å². The van der Waals surface area contributed by atoms with E-state index in [4.69, 9.17) is 5.73 Å². The van der Waals surface area contributed by atoms with E-state index >= 15 is 0 Å². The molecule has 1 rings (SSSR count). The first-order valence-electron chi connectivity index (χ1n) is 7.37. The van der Waals surface area contributed by atoms with Crippen LogP contribution in [-0.4, -0.2) is 46.0 Å². The summed E-state index contributed by atoms with van der Waals surface area (Å²) in [5, 5.41) is 12.1. The number of primary amides is 1. The molecule has 1 saturated heterocycles. The molecule has 120 valence electrons. The third kappa shape index (κ3) is 3.46. The summed E-state index contributed by atoms with van der Waals surface area (Å²) in [4.78, 5) is 36.8. The number of aliphatic carboxylic acids is 1. The minimum Gasteiger partial charge on any atom is -0.479 e. The molecule has 0 aromatic heterocycles. The molecule has 0 bridgehead atoms. The molecule has 7 heteroatoms. The second-order valence-electron chi connectivity index (χ2n) is 5.92. The van der Waals surface area contributed by atoms with E-state index in [0.29, 0.717) is 32.2 Å². The Balaban J connectivity index is 2.94. The molecule has 0 radical (unpaired) electrons. The number of likely N-dealkylation sites (tertiary alicyclic amines) is 1. The molecule has 1 heterocycles. The molecule has 1 aliphatic heterocycles. The van der Waals surface area contributed by atoms with E-state index < -0.39 is 29.5 Å². The molecule has 0 aliphatic carbocycles. The van der Waals surface area contributed by atoms with Crippen molar-refractivity contribution in [3.8, 4) is 0 Å². The van der Waals surface area contributed by atoms with Gasteiger partial charge in [-0.3, -0.25) is 4.79 Å². The number of urea groups is 1. The van der Waals surface area contributed by atoms with Gasteiger partial charge in [-0.25, -0.2) is 9.59 Å². The first-order valence-corrected chi connectivity index (χ1v) is 7.37. The van der Waals surface area contributed by atoms with Gasteiger partial charge in [-0.1, -0.05) is 27.2 Å². The summed E-state index contributed by atoms with van der Waals surface area (Å²) in [6.45, 7) is 5.81. The number of hydrogen-bond donors (Lipinski definition) is 3. The van der Waals surface area contributed by atoms with Crippen molar-refractivity contribution >= 4 is 17.9 Å². The molecular weight excluding hydrogens is 274 g/mol. The van der Waals surface area contributed by atoms with Gasteiger partial charge in [0.1, 0.15) is 11.6 Å². The van der Waals surface area contributed by atoms with Crippen LogP contribution in [0, 0.1) is 5.92 Å². The van der Waals surface area contributed by atoms with Gasteiger partial charge < -0.3 is 21.1 Å². The van der Waals surface area contributed by atoms with E-state index in [0.717, 1.165) is 0 Å². The SMILES string of the molecule is CCCC1(C(=O)O)CCCN1C(=O)NC(C(N)=O)C(C)C. The average Bonchev–Trinajstić information content (AvgIpc) is 2.80. The lowest BCUT2D eigenvalue weighted by Gasteiger charge is -2.35. The van der Waals surface area contributed by atoms with E-state index in [1.165, 1.54) is 4.90 Å². The fourth-order valence-electron chi connectivity index (χ4n) is 2.95. The Morgan fingerprint density at radius 3 is 2.43 bits per heavy atom. The van der Waals surface area contributed by atoms with E-state index in [1.54, 1.807) is 13.8 Å². The van der Waals surface area contributed by atoms with Gasteiger partial charge in [0.05, 0.1) is 0 Å². The van der Waals surface area contributed by atoms with E-state index in [-0.39, 0.29) is 5.92 Å². The van der Waals surface area contributed by atoms with Gasteiger partial charge in [0.2, 0.25) is 5.91 Å². The van der Waals surface area contributed by atoms with Gasteiger partial charge >= 0.3 is 12.0 Å². The highest BCUT2D eigenvalue weighted by atomic mass is 16.4. The molecular formula is C14H25N3O4. The molecule has 3 amide bonds. The van der Waals surface area contributed by atoms with Gasteiger partial charge in [-0.2, -0.15) is 0 Å². The number of carboxylic acid groups (broad SMARTS) is 1. The number of carboxylic acids is 1. The number of amides is 3. The standard InChI is InChI=1S/C14H25N3O4/c1-4-6-14(12(19)20)7-5-8-17(14)13(21)16-10(9(2)3)11(15)18/h9-10H,4-8H2,1-3H3,(H2,15,18)(H,16,21)(H,19,20). The zero-order valence-electron chi connectivity index (χ0n) is 12.9. The van der Waals surface area contributed by atoms with Crippen molar-refractivity contribution in [2.75, 3.05) is 6.54 Å². The summed E-state index contributed by atoms with van der Waals surface area (Å²) in [5.41, 5.74) is 4.11. The molecule has 21 heavy (non-hydrogen) atoms. The molecule has 2 unspecified atom stereocenters. The maximum atomic E-state index is 12.4. The van der Waals surface area contributed by atoms with Gasteiger partial charge in [0.25, 0.3) is 0 Å². The van der Waals surface area contributed by atoms with Gasteiger partial charge in [0.15, 0.2) is 0 Å². The maximum Gasteiger partial charge on any atom is 0.329 e. The Morgan fingerprint density at radius 2 is 2.00 bits per heavy atom. The van der Waals surface area contributed by atoms with Crippen LogP contribution in [0.4, 0.5) is 4.79 Å². The van der Waals surface area contributed by atoms with Crippen molar-refractivity contribution in [3.63, 3.8) is 0 Å². The molecule has 7 nitrogen and oxygen atoms in total. The Morgan fingerprint density at radius 1 is 1.38 bits per heavy atom. The van der Waals surface area contributed by atoms with Crippen molar-refractivity contribution in [2.24, 2.45) is 11.7 Å². The topological polar surface area (TPSA) is 113 Å². The highest BCUT2D eigenvalue weighted by molar-refractivity contribution is 5.90. The molecule has 0 aromatic carbocycles. The minimum absolute atomic E-state index is 0.153. The first kappa shape index (κ1) is 17.3. The number of nitrogens with two attached hydrogens (primary N) is 1. The Labute approximate surface area is 124 Å². The molecule has 0 aromatic rings. The van der Waals surface area contributed by atoms with Crippen molar-refractivity contribution in [1.29, 1.82) is 0 Å². The van der Waals surface area contributed by atoms with Crippen LogP contribution in [-0.2, 0) is 9.59 Å². The second kappa shape index (κ2) is 6.78. The normalized spacial score (nSPS) is 23.1. The molecule has 1 fully saturated rings. The molecule has 4 N–H and O–H groups in total. The predicted octanol–water partition coefficient (Wildman–Crippen LogP) is 0.925. The largest absolute Gasteiger partial charge is 0.479 e. The summed E-state index contributed by atoms with van der Waals surface area (Å²) in [6.07, 6.45) is 2.15. The quantitative estimate of drug-likeness (QED) is 0.677. The number of nitrogens with one attached hydrogen (secondary N) is 1. The van der Waals surface area contributed by atoms with Crippen LogP contribution in [0.25, 0.3) is 0 Å². The number of rotatable bonds is 6. The predicted molar refractivity (Wildman–Crippen MR) is 77.6 cm³/mol. The fourth-order valence-corrected chi connectivity index (χ4v) is 2.95. The zero-order chi connectivity index (χ0) is 16.2. The third-order valence-electron chi connectivity index (χ3n) is 4.05. The van der Waals surface area contributed by atoms with Crippen LogP contribution < -0.4 is 11.1 Å². The van der Waals surface area contributed by atoms with Crippen molar-refractivity contribution in [3.05, 3.63) is 0 Å². The van der Waals surface area contributed by atoms with Crippen LogP contribution in [0.15, 0.2) is 0 Å². The lowest BCUT2D eigenvalue weighted by atomic mass is 9.91. The maximum absolute atomic E-state index is 12.4. The summed E-state index contributed by atoms with van der Waals surface area (Å²) in [5.74, 6) is -1.76. The lowest BCUT2D eigenvalue weighted by Crippen LogP contribution is -2.59. The van der Waals surface area contributed by atoms with Crippen LogP contribution in [0.1, 0.15) is 46.5 Å². The zero-order valence-corrected chi connectivity index (χ0v) is 12.9. The minimum atomic E-state index is -1.17. The van der Waals surface area contributed by atoms with Crippen LogP contribution in [0.2, 0.25) is 0 Å². The van der Waals surface area contributed by atoms with Crippen LogP contribution in [0.3, 0.4) is 0 Å². The van der Waals surface area contributed by atoms with Crippen molar-refractivity contribution < 1.29 is 19.5 Å². The number of nitrogens with zero attached hydrogens (tertiary/aromatic N) is 1. The van der Waals surface area contributed by atoms with Crippen molar-refractivity contribution in [2.45, 2.75) is 58.0 Å². The highest BCUT2D eigenvalue weighted by Crippen LogP contribution is 2.34. The fraction of sp³-hybridized carbons (Fsp3) is 0.786. The Kier molecular flexibility index (Phi) is 5.57. The molecule has 0 spiro atoms. The summed E-state index contributed by atoms with van der Waals surface area (Å²) < 4.78 is 0. The summed E-state index contributed by atoms with van der Waals surface area (Å²) in [6, 6.07) is -1.33. The third-order valence-corrected chi connectivity index (χ3v) is 4.05. The van der Waals surface area contributed by atoms with Gasteiger partial charge in [-0.05, 0) is 25.2 Å². The number of carbonyl (C=O) groups excluding carboxylic acids is 2. The average molecular weight is 299 g/mol. The molecule has 0 saturated carbocycles. The van der Waals surface area contributed by atoms with Gasteiger partial charge in [-0.15, -0.1) is 0 Å². The number of hydrogen-bond acceptors (Lipinski definition) is 3. The highest BCUT2D eigenvalue weighted by Gasteiger charge is 2.49. The Bertz CT molecular complexity index is 424. The second-order valence-corrected chi connectivity index (χ2v) is 5.92. The summed E-state index contributed by atoms with van der Waals surface area (Å²) >= 11 is 0. The van der Waals surface area contributed by atoms with Crippen LogP contribution >= 0.6 is 0 Å². The van der Waals surface area contributed by atoms with E-state index in [2.05, 4.69) is 5.32 Å². The monoisotopic (exact) mass is 299 g/mol. The van der Waals surface area contributed by atoms with Crippen LogP contribution in [0.5, 0.6) is 0 Å². The molecule has 2 atom stereocenters. The lowest BCUT2D eigenvalue weighted by molar-refractivity contribution is -0.148. The number of carbonyl (C=O) groups is 3. The summed E-state index contributed by atoms with van der Waals surface area (Å²) in [7, 11) is 0. The smallest absolute Gasteiger partial charge is 0.329 e. The molecule has 1 aliphatic rings. The van der Waals surface area contributed by atoms with E-state index in [9.17, 15) is 19.5 Å².